The second-order valence-electron chi connectivity index (χ2n) is 7.14. The van der Waals surface area contributed by atoms with Crippen molar-refractivity contribution in [2.24, 2.45) is 0 Å². The molecule has 2 aliphatic rings. The molecule has 0 amide bonds. The van der Waals surface area contributed by atoms with E-state index in [1.807, 2.05) is 0 Å². The van der Waals surface area contributed by atoms with Crippen molar-refractivity contribution in [2.75, 3.05) is 28.8 Å². The summed E-state index contributed by atoms with van der Waals surface area (Å²) in [6.07, 6.45) is 6.62. The van der Waals surface area contributed by atoms with E-state index in [2.05, 4.69) is 114 Å². The second-order valence-corrected chi connectivity index (χ2v) is 7.14. The summed E-state index contributed by atoms with van der Waals surface area (Å²) in [5.41, 5.74) is 10.1. The van der Waals surface area contributed by atoms with E-state index in [9.17, 15) is 0 Å². The van der Waals surface area contributed by atoms with Crippen molar-refractivity contribution in [3.8, 4) is 0 Å². The molecular weight excluding hydrogens is 539 g/mol. The molecule has 0 aromatic heterocycles. The number of aryl methyl sites for hydroxylation is 3. The van der Waals surface area contributed by atoms with Gasteiger partial charge >= 0.3 is 29.2 Å². The van der Waals surface area contributed by atoms with Crippen LogP contribution in [0.2, 0.25) is 0 Å². The first kappa shape index (κ1) is 20.1. The Labute approximate surface area is 178 Å². The first-order chi connectivity index (χ1) is 13.0. The first-order valence-electron chi connectivity index (χ1n) is 8.78. The number of nitrogens with zero attached hydrogens (tertiary/aromatic N) is 3. The van der Waals surface area contributed by atoms with Crippen LogP contribution >= 0.6 is 9.19 Å². The van der Waals surface area contributed by atoms with E-state index < -0.39 is 0 Å². The summed E-state index contributed by atoms with van der Waals surface area (Å²) < 4.78 is 0. The van der Waals surface area contributed by atoms with Crippen LogP contribution in [0.15, 0.2) is 48.3 Å². The SMILES string of the molecule is Cc1cc(C)c(N2C=C3C=Cc4cccc(N(C)C)c4N3[CH-]2)c(C)c1.[Cl][Au]. The molecule has 27 heavy (non-hydrogen) atoms. The van der Waals surface area contributed by atoms with Gasteiger partial charge in [-0.25, -0.2) is 0 Å². The van der Waals surface area contributed by atoms with Crippen molar-refractivity contribution in [3.05, 3.63) is 77.2 Å². The molecule has 0 N–H and O–H groups in total. The van der Waals surface area contributed by atoms with Gasteiger partial charge in [0.25, 0.3) is 0 Å². The minimum atomic E-state index is 1.20. The quantitative estimate of drug-likeness (QED) is 0.345. The van der Waals surface area contributed by atoms with E-state index in [0.29, 0.717) is 0 Å². The molecule has 2 aromatic carbocycles. The van der Waals surface area contributed by atoms with Crippen LogP contribution in [0.3, 0.4) is 0 Å². The van der Waals surface area contributed by atoms with Crippen LogP contribution in [0, 0.1) is 27.4 Å². The summed E-state index contributed by atoms with van der Waals surface area (Å²) in [4.78, 5) is 6.73. The van der Waals surface area contributed by atoms with Crippen LogP contribution in [-0.2, 0) is 20.0 Å². The molecular formula is C22H24AuClN3-. The molecule has 0 saturated carbocycles. The predicted molar refractivity (Wildman–Crippen MR) is 114 cm³/mol. The van der Waals surface area contributed by atoms with E-state index in [1.54, 1.807) is 20.0 Å². The summed E-state index contributed by atoms with van der Waals surface area (Å²) >= 11 is 1.75. The van der Waals surface area contributed by atoms with E-state index >= 15 is 0 Å². The van der Waals surface area contributed by atoms with Gasteiger partial charge in [-0.1, -0.05) is 35.9 Å². The number of benzene rings is 2. The molecule has 0 bridgehead atoms. The van der Waals surface area contributed by atoms with Crippen molar-refractivity contribution >= 4 is 32.3 Å². The fraction of sp³-hybridized carbons (Fsp3) is 0.227. The van der Waals surface area contributed by atoms with Crippen LogP contribution in [0.25, 0.3) is 6.08 Å². The Morgan fingerprint density at radius 3 is 2.26 bits per heavy atom. The monoisotopic (exact) mass is 562 g/mol. The molecule has 2 aromatic rings. The van der Waals surface area contributed by atoms with E-state index in [-0.39, 0.29) is 0 Å². The molecule has 0 radical (unpaired) electrons. The maximum atomic E-state index is 4.58. The number of allylic oxidation sites excluding steroid dienone is 1. The number of halogens is 1. The van der Waals surface area contributed by atoms with E-state index in [4.69, 9.17) is 0 Å². The summed E-state index contributed by atoms with van der Waals surface area (Å²) in [7, 11) is 8.78. The fourth-order valence-electron chi connectivity index (χ4n) is 3.92. The second kappa shape index (κ2) is 8.15. The molecule has 5 heteroatoms. The van der Waals surface area contributed by atoms with Gasteiger partial charge in [-0.15, -0.1) is 6.67 Å². The zero-order valence-electron chi connectivity index (χ0n) is 16.2. The Morgan fingerprint density at radius 2 is 1.63 bits per heavy atom. The minimum absolute atomic E-state index is 1.20. The van der Waals surface area contributed by atoms with Crippen LogP contribution in [-0.4, -0.2) is 14.1 Å². The van der Waals surface area contributed by atoms with Gasteiger partial charge in [-0.3, -0.25) is 0 Å². The maximum absolute atomic E-state index is 4.58. The molecule has 0 fully saturated rings. The topological polar surface area (TPSA) is 9.72 Å². The molecule has 4 rings (SSSR count). The third kappa shape index (κ3) is 3.70. The van der Waals surface area contributed by atoms with Gasteiger partial charge in [0.05, 0.1) is 5.69 Å². The summed E-state index contributed by atoms with van der Waals surface area (Å²) in [5, 5.41) is 0. The summed E-state index contributed by atoms with van der Waals surface area (Å²) in [5.74, 6) is 0. The van der Waals surface area contributed by atoms with Gasteiger partial charge in [0.1, 0.15) is 0 Å². The average Bonchev–Trinajstić information content (AvgIpc) is 3.05. The van der Waals surface area contributed by atoms with Crippen molar-refractivity contribution in [2.45, 2.75) is 20.8 Å². The number of rotatable bonds is 2. The van der Waals surface area contributed by atoms with E-state index in [1.165, 1.54) is 45.0 Å². The van der Waals surface area contributed by atoms with Crippen LogP contribution in [0.1, 0.15) is 22.3 Å². The molecule has 0 saturated heterocycles. The van der Waals surface area contributed by atoms with Crippen LogP contribution in [0.4, 0.5) is 17.1 Å². The third-order valence-electron chi connectivity index (χ3n) is 4.89. The average molecular weight is 563 g/mol. The van der Waals surface area contributed by atoms with Gasteiger partial charge in [0, 0.05) is 31.2 Å². The van der Waals surface area contributed by atoms with Crippen LogP contribution < -0.4 is 14.7 Å². The number of para-hydroxylation sites is 1. The standard InChI is InChI=1S/C22H24N3.Au.ClH/c1-15-11-16(2)21(17(3)12-15)24-13-19-10-9-18-7-6-8-20(23(4)5)22(18)25(19)14-24;;/h6-14H,1-5H3;;1H/q-1;+1;/p-1. The number of hydrogen-bond donors (Lipinski definition) is 0. The van der Waals surface area contributed by atoms with Gasteiger partial charge in [-0.05, 0) is 55.8 Å². The molecule has 3 nitrogen and oxygen atoms in total. The predicted octanol–water partition coefficient (Wildman–Crippen LogP) is 5.68. The zero-order chi connectivity index (χ0) is 19.7. The molecule has 2 aliphatic heterocycles. The first-order valence-corrected chi connectivity index (χ1v) is 11.5. The zero-order valence-corrected chi connectivity index (χ0v) is 19.1. The molecule has 146 valence electrons. The molecule has 0 atom stereocenters. The Hall–Kier alpha value is -1.65. The molecule has 0 aliphatic carbocycles. The summed E-state index contributed by atoms with van der Waals surface area (Å²) in [6.45, 7) is 8.74. The normalized spacial score (nSPS) is 14.3. The Bertz CT molecular complexity index is 895. The Balaban J connectivity index is 0.00000102. The van der Waals surface area contributed by atoms with Gasteiger partial charge < -0.3 is 14.7 Å². The van der Waals surface area contributed by atoms with E-state index in [0.717, 1.165) is 0 Å². The molecule has 2 heterocycles. The van der Waals surface area contributed by atoms with Gasteiger partial charge in [0.15, 0.2) is 0 Å². The molecule has 0 unspecified atom stereocenters. The van der Waals surface area contributed by atoms with Crippen molar-refractivity contribution in [3.63, 3.8) is 0 Å². The molecule has 0 spiro atoms. The van der Waals surface area contributed by atoms with Crippen molar-refractivity contribution < 1.29 is 20.0 Å². The third-order valence-corrected chi connectivity index (χ3v) is 4.89. The van der Waals surface area contributed by atoms with Crippen molar-refractivity contribution in [1.82, 2.24) is 0 Å². The Kier molecular flexibility index (Phi) is 6.07. The Morgan fingerprint density at radius 1 is 0.963 bits per heavy atom. The number of anilines is 3. The number of fused-ring (bicyclic) bond motifs is 3. The summed E-state index contributed by atoms with van der Waals surface area (Å²) in [6, 6.07) is 11.0. The van der Waals surface area contributed by atoms with Gasteiger partial charge in [0.2, 0.25) is 0 Å². The van der Waals surface area contributed by atoms with Gasteiger partial charge in [-0.2, -0.15) is 0 Å². The number of hydrogen-bond acceptors (Lipinski definition) is 3. The fourth-order valence-corrected chi connectivity index (χ4v) is 3.92. The van der Waals surface area contributed by atoms with Crippen LogP contribution in [0.5, 0.6) is 0 Å². The van der Waals surface area contributed by atoms with Crippen molar-refractivity contribution in [1.29, 1.82) is 0 Å².